The van der Waals surface area contributed by atoms with Crippen molar-refractivity contribution in [1.82, 2.24) is 25.1 Å². The predicted octanol–water partition coefficient (Wildman–Crippen LogP) is 7.01. The van der Waals surface area contributed by atoms with Crippen molar-refractivity contribution in [2.75, 3.05) is 6.54 Å². The molecular formula is C28H32ClN5O2. The quantitative estimate of drug-likeness (QED) is 0.413. The molecule has 36 heavy (non-hydrogen) atoms. The Morgan fingerprint density at radius 2 is 1.67 bits per heavy atom. The average molecular weight is 506 g/mol. The summed E-state index contributed by atoms with van der Waals surface area (Å²) in [6, 6.07) is 8.31. The Labute approximate surface area is 216 Å². The van der Waals surface area contributed by atoms with Crippen LogP contribution in [-0.4, -0.2) is 43.3 Å². The van der Waals surface area contributed by atoms with Gasteiger partial charge < -0.3 is 9.72 Å². The molecule has 8 heteroatoms. The second-order valence-electron chi connectivity index (χ2n) is 11.3. The molecule has 0 unspecified atom stereocenters. The van der Waals surface area contributed by atoms with Gasteiger partial charge >= 0.3 is 6.09 Å². The van der Waals surface area contributed by atoms with Gasteiger partial charge in [0.2, 0.25) is 0 Å². The number of nitrogens with zero attached hydrogens (tertiary/aromatic N) is 4. The lowest BCUT2D eigenvalue weighted by molar-refractivity contribution is 0.0218. The van der Waals surface area contributed by atoms with Crippen LogP contribution in [0.1, 0.15) is 94.1 Å². The number of hydrogen-bond acceptors (Lipinski definition) is 5. The summed E-state index contributed by atoms with van der Waals surface area (Å²) in [6.07, 6.45) is 8.20. The first kappa shape index (κ1) is 23.5. The van der Waals surface area contributed by atoms with Gasteiger partial charge in [-0.3, -0.25) is 4.90 Å². The number of aromatic amines is 1. The first-order valence-electron chi connectivity index (χ1n) is 13.0. The molecule has 3 aromatic rings. The monoisotopic (exact) mass is 505 g/mol. The lowest BCUT2D eigenvalue weighted by Crippen LogP contribution is -2.36. The summed E-state index contributed by atoms with van der Waals surface area (Å²) in [5.74, 6) is 1.85. The summed E-state index contributed by atoms with van der Waals surface area (Å²) < 4.78 is 5.61. The molecular weight excluding hydrogens is 474 g/mol. The van der Waals surface area contributed by atoms with Gasteiger partial charge in [0.25, 0.3) is 0 Å². The van der Waals surface area contributed by atoms with Crippen molar-refractivity contribution in [2.45, 2.75) is 82.8 Å². The van der Waals surface area contributed by atoms with Crippen LogP contribution in [0, 0.1) is 0 Å². The minimum atomic E-state index is -0.520. The summed E-state index contributed by atoms with van der Waals surface area (Å²) in [7, 11) is 0. The Morgan fingerprint density at radius 3 is 2.36 bits per heavy atom. The fraction of sp³-hybridized carbons (Fsp3) is 0.500. The molecule has 1 saturated carbocycles. The molecule has 0 radical (unpaired) electrons. The highest BCUT2D eigenvalue weighted by Crippen LogP contribution is 2.53. The van der Waals surface area contributed by atoms with E-state index in [0.717, 1.165) is 41.2 Å². The largest absolute Gasteiger partial charge is 0.444 e. The van der Waals surface area contributed by atoms with Gasteiger partial charge in [-0.25, -0.2) is 9.78 Å². The number of H-pyrrole nitrogens is 1. The van der Waals surface area contributed by atoms with Gasteiger partial charge in [0.05, 0.1) is 23.6 Å². The second kappa shape index (κ2) is 8.87. The van der Waals surface area contributed by atoms with Crippen LogP contribution in [0.3, 0.4) is 0 Å². The first-order chi connectivity index (χ1) is 17.3. The van der Waals surface area contributed by atoms with Gasteiger partial charge in [-0.05, 0) is 82.3 Å². The Morgan fingerprint density at radius 1 is 1.00 bits per heavy atom. The van der Waals surface area contributed by atoms with E-state index >= 15 is 0 Å². The number of amides is 1. The van der Waals surface area contributed by atoms with Crippen LogP contribution >= 0.6 is 11.6 Å². The van der Waals surface area contributed by atoms with E-state index in [0.29, 0.717) is 23.5 Å². The summed E-state index contributed by atoms with van der Waals surface area (Å²) in [5, 5.41) is 9.43. The number of halogens is 1. The maximum atomic E-state index is 12.7. The van der Waals surface area contributed by atoms with Crippen molar-refractivity contribution in [3.63, 3.8) is 0 Å². The van der Waals surface area contributed by atoms with Gasteiger partial charge in [-0.15, -0.1) is 10.2 Å². The number of fused-ring (bicyclic) bond motifs is 2. The number of carbonyl (C=O) groups is 1. The van der Waals surface area contributed by atoms with Gasteiger partial charge in [0.15, 0.2) is 5.15 Å². The fourth-order valence-electron chi connectivity index (χ4n) is 6.18. The van der Waals surface area contributed by atoms with Gasteiger partial charge in [0.1, 0.15) is 11.4 Å². The molecule has 1 atom stereocenters. The van der Waals surface area contributed by atoms with E-state index in [9.17, 15) is 4.79 Å². The van der Waals surface area contributed by atoms with Crippen molar-refractivity contribution >= 4 is 17.7 Å². The van der Waals surface area contributed by atoms with Crippen molar-refractivity contribution < 1.29 is 9.53 Å². The Hall–Kier alpha value is -2.93. The zero-order valence-electron chi connectivity index (χ0n) is 21.1. The lowest BCUT2D eigenvalue weighted by Gasteiger charge is -2.39. The Kier molecular flexibility index (Phi) is 5.78. The molecule has 4 aliphatic rings. The molecule has 1 saturated heterocycles. The van der Waals surface area contributed by atoms with Gasteiger partial charge in [-0.1, -0.05) is 35.9 Å². The Bertz CT molecular complexity index is 1290. The summed E-state index contributed by atoms with van der Waals surface area (Å²) >= 11 is 6.50. The Balaban J connectivity index is 1.24. The van der Waals surface area contributed by atoms with Crippen LogP contribution < -0.4 is 0 Å². The normalized spacial score (nSPS) is 23.1. The third kappa shape index (κ3) is 4.17. The highest BCUT2D eigenvalue weighted by atomic mass is 35.5. The number of imidazole rings is 1. The van der Waals surface area contributed by atoms with E-state index in [2.05, 4.69) is 44.4 Å². The van der Waals surface area contributed by atoms with Gasteiger partial charge in [0, 0.05) is 17.7 Å². The topological polar surface area (TPSA) is 84.0 Å². The van der Waals surface area contributed by atoms with E-state index < -0.39 is 5.60 Å². The predicted molar refractivity (Wildman–Crippen MR) is 139 cm³/mol. The number of hydrogen-bond donors (Lipinski definition) is 1. The number of carbonyl (C=O) groups excluding carboxylic acids is 1. The van der Waals surface area contributed by atoms with Crippen molar-refractivity contribution in [2.24, 2.45) is 0 Å². The van der Waals surface area contributed by atoms with E-state index in [4.69, 9.17) is 16.3 Å². The van der Waals surface area contributed by atoms with Crippen LogP contribution in [0.5, 0.6) is 0 Å². The molecule has 1 aliphatic heterocycles. The van der Waals surface area contributed by atoms with E-state index in [1.165, 1.54) is 36.8 Å². The summed E-state index contributed by atoms with van der Waals surface area (Å²) in [4.78, 5) is 22.6. The zero-order valence-corrected chi connectivity index (χ0v) is 21.8. The molecule has 188 valence electrons. The SMILES string of the molecule is CC(C)(C)OC(=O)N1CCC[C@H]1c1ncc(-c2ccc(-c3nnc(Cl)c4c3C3CCC4CC3)cc2)[nH]1. The molecule has 1 aromatic carbocycles. The van der Waals surface area contributed by atoms with Gasteiger partial charge in [-0.2, -0.15) is 0 Å². The zero-order chi connectivity index (χ0) is 25.0. The summed E-state index contributed by atoms with van der Waals surface area (Å²) in [5.41, 5.74) is 6.04. The molecule has 2 bridgehead atoms. The smallest absolute Gasteiger partial charge is 0.410 e. The van der Waals surface area contributed by atoms with E-state index in [1.807, 2.05) is 27.0 Å². The number of likely N-dealkylation sites (tertiary alicyclic amines) is 1. The molecule has 0 spiro atoms. The number of benzene rings is 1. The third-order valence-corrected chi connectivity index (χ3v) is 8.09. The minimum absolute atomic E-state index is 0.0980. The fourth-order valence-corrected chi connectivity index (χ4v) is 6.47. The number of rotatable bonds is 3. The number of aromatic nitrogens is 4. The van der Waals surface area contributed by atoms with Crippen molar-refractivity contribution in [3.8, 4) is 22.5 Å². The van der Waals surface area contributed by atoms with E-state index in [-0.39, 0.29) is 12.1 Å². The van der Waals surface area contributed by atoms with Crippen molar-refractivity contribution in [3.05, 3.63) is 52.6 Å². The highest BCUT2D eigenvalue weighted by Gasteiger charge is 2.38. The van der Waals surface area contributed by atoms with Crippen LogP contribution in [0.25, 0.3) is 22.5 Å². The van der Waals surface area contributed by atoms with Crippen LogP contribution in [0.15, 0.2) is 30.5 Å². The second-order valence-corrected chi connectivity index (χ2v) is 11.7. The van der Waals surface area contributed by atoms with Crippen LogP contribution in [0.4, 0.5) is 4.79 Å². The molecule has 1 N–H and O–H groups in total. The lowest BCUT2D eigenvalue weighted by atomic mass is 9.66. The molecule has 7 nitrogen and oxygen atoms in total. The van der Waals surface area contributed by atoms with Crippen molar-refractivity contribution in [1.29, 1.82) is 0 Å². The third-order valence-electron chi connectivity index (χ3n) is 7.81. The maximum absolute atomic E-state index is 12.7. The molecule has 3 aliphatic carbocycles. The standard InChI is InChI=1S/C28H32ClN5O2/c1-28(2,3)36-27(35)34-14-4-5-21(34)26-30-15-20(31-26)16-6-12-19(13-7-16)24-22-17-8-10-18(11-9-17)23(22)25(29)33-32-24/h6-7,12-13,15,17-18,21H,4-5,8-11,14H2,1-3H3,(H,30,31)/t17?,18?,21-/m0/s1. The molecule has 1 amide bonds. The molecule has 7 rings (SSSR count). The van der Waals surface area contributed by atoms with Crippen LogP contribution in [0.2, 0.25) is 5.15 Å². The highest BCUT2D eigenvalue weighted by molar-refractivity contribution is 6.30. The maximum Gasteiger partial charge on any atom is 0.410 e. The van der Waals surface area contributed by atoms with Crippen LogP contribution in [-0.2, 0) is 4.74 Å². The molecule has 2 fully saturated rings. The van der Waals surface area contributed by atoms with E-state index in [1.54, 1.807) is 4.90 Å². The molecule has 2 aromatic heterocycles. The molecule has 3 heterocycles. The number of ether oxygens (including phenoxy) is 1. The number of nitrogens with one attached hydrogen (secondary N) is 1. The first-order valence-corrected chi connectivity index (χ1v) is 13.4. The summed E-state index contributed by atoms with van der Waals surface area (Å²) in [6.45, 7) is 6.35. The minimum Gasteiger partial charge on any atom is -0.444 e. The average Bonchev–Trinajstić information content (AvgIpc) is 3.54.